The Kier molecular flexibility index (Phi) is 4.23. The predicted octanol–water partition coefficient (Wildman–Crippen LogP) is 3.65. The van der Waals surface area contributed by atoms with Crippen LogP contribution in [0.5, 0.6) is 5.75 Å². The van der Waals surface area contributed by atoms with E-state index in [9.17, 15) is 4.79 Å². The first kappa shape index (κ1) is 16.2. The number of rotatable bonds is 3. The Hall–Kier alpha value is -2.31. The highest BCUT2D eigenvalue weighted by Gasteiger charge is 2.45. The highest BCUT2D eigenvalue weighted by molar-refractivity contribution is 8.03. The van der Waals surface area contributed by atoms with Gasteiger partial charge in [0.2, 0.25) is 5.91 Å². The molecule has 6 heteroatoms. The van der Waals surface area contributed by atoms with Crippen LogP contribution >= 0.6 is 24.0 Å². The number of carbonyl (C=O) groups is 1. The number of anilines is 1. The number of nitrogens with one attached hydrogen (secondary N) is 1. The van der Waals surface area contributed by atoms with Gasteiger partial charge in [-0.1, -0.05) is 30.3 Å². The molecule has 2 aromatic carbocycles. The number of carbonyl (C=O) groups excluding carboxylic acids is 1. The number of nitrogens with zero attached hydrogens (tertiary/aromatic N) is 1. The summed E-state index contributed by atoms with van der Waals surface area (Å²) in [4.78, 5) is 14.8. The lowest BCUT2D eigenvalue weighted by Crippen LogP contribution is -2.58. The summed E-state index contributed by atoms with van der Waals surface area (Å²) in [5, 5.41) is 5.75. The normalized spacial score (nSPS) is 22.3. The van der Waals surface area contributed by atoms with Crippen molar-refractivity contribution in [2.45, 2.75) is 5.37 Å². The van der Waals surface area contributed by atoms with E-state index in [4.69, 9.17) is 17.0 Å². The number of para-hydroxylation sites is 1. The zero-order valence-electron chi connectivity index (χ0n) is 13.5. The molecule has 1 N–H and O–H groups in total. The molecule has 2 atom stereocenters. The Morgan fingerprint density at radius 3 is 2.52 bits per heavy atom. The average molecular weight is 368 g/mol. The molecule has 2 aromatic rings. The molecule has 2 heterocycles. The summed E-state index contributed by atoms with van der Waals surface area (Å²) in [6.45, 7) is 0. The maximum atomic E-state index is 13.2. The minimum atomic E-state index is -0.273. The second-order valence-corrected chi connectivity index (χ2v) is 7.20. The van der Waals surface area contributed by atoms with Crippen molar-refractivity contribution >= 4 is 46.3 Å². The number of fused-ring (bicyclic) bond motifs is 1. The third kappa shape index (κ3) is 2.81. The van der Waals surface area contributed by atoms with Crippen LogP contribution in [0.15, 0.2) is 60.0 Å². The summed E-state index contributed by atoms with van der Waals surface area (Å²) in [5.41, 5.74) is 2.82. The van der Waals surface area contributed by atoms with Crippen molar-refractivity contribution in [2.24, 2.45) is 5.92 Å². The highest BCUT2D eigenvalue weighted by atomic mass is 32.2. The molecule has 2 aliphatic heterocycles. The third-order valence-corrected chi connectivity index (χ3v) is 5.75. The summed E-state index contributed by atoms with van der Waals surface area (Å²) in [6, 6.07) is 17.3. The van der Waals surface area contributed by atoms with Crippen molar-refractivity contribution in [1.29, 1.82) is 0 Å². The second kappa shape index (κ2) is 6.54. The topological polar surface area (TPSA) is 41.6 Å². The quantitative estimate of drug-likeness (QED) is 0.838. The first-order chi connectivity index (χ1) is 12.2. The first-order valence-corrected chi connectivity index (χ1v) is 9.23. The molecule has 25 heavy (non-hydrogen) atoms. The van der Waals surface area contributed by atoms with Crippen molar-refractivity contribution in [3.05, 3.63) is 65.6 Å². The Balaban J connectivity index is 1.67. The van der Waals surface area contributed by atoms with Gasteiger partial charge in [-0.15, -0.1) is 11.8 Å². The van der Waals surface area contributed by atoms with Gasteiger partial charge in [-0.25, -0.2) is 0 Å². The van der Waals surface area contributed by atoms with E-state index in [-0.39, 0.29) is 17.2 Å². The number of thioether (sulfide) groups is 1. The average Bonchev–Trinajstić information content (AvgIpc) is 3.06. The van der Waals surface area contributed by atoms with E-state index >= 15 is 0 Å². The molecule has 0 radical (unpaired) electrons. The maximum absolute atomic E-state index is 13.2. The van der Waals surface area contributed by atoms with Crippen molar-refractivity contribution in [3.8, 4) is 5.75 Å². The smallest absolute Gasteiger partial charge is 0.243 e. The zero-order valence-corrected chi connectivity index (χ0v) is 15.1. The van der Waals surface area contributed by atoms with Gasteiger partial charge in [-0.2, -0.15) is 0 Å². The lowest BCUT2D eigenvalue weighted by molar-refractivity contribution is -0.120. The van der Waals surface area contributed by atoms with Gasteiger partial charge in [-0.3, -0.25) is 9.69 Å². The van der Waals surface area contributed by atoms with Crippen LogP contribution in [0.2, 0.25) is 0 Å². The molecule has 0 spiro atoms. The fourth-order valence-corrected chi connectivity index (χ4v) is 4.69. The van der Waals surface area contributed by atoms with Crippen LogP contribution in [0.3, 0.4) is 0 Å². The van der Waals surface area contributed by atoms with Crippen LogP contribution in [0, 0.1) is 5.92 Å². The second-order valence-electron chi connectivity index (χ2n) is 5.79. The summed E-state index contributed by atoms with van der Waals surface area (Å²) in [6.07, 6.45) is 0. The van der Waals surface area contributed by atoms with E-state index in [0.29, 0.717) is 5.11 Å². The standard InChI is InChI=1S/C19H16N2O2S2/c1-23-14-9-7-12(8-10-14)15-11-25-17-16(15)18(22)21(19(24)20-17)13-5-3-2-4-6-13/h2-11,16-17H,1H3,(H,20,24). The Labute approximate surface area is 155 Å². The largest absolute Gasteiger partial charge is 0.497 e. The van der Waals surface area contributed by atoms with E-state index in [1.54, 1.807) is 23.8 Å². The molecule has 0 bridgehead atoms. The number of methoxy groups -OCH3 is 1. The lowest BCUT2D eigenvalue weighted by Gasteiger charge is -2.36. The molecule has 1 fully saturated rings. The van der Waals surface area contributed by atoms with Gasteiger partial charge in [-0.05, 0) is 53.0 Å². The Morgan fingerprint density at radius 1 is 1.12 bits per heavy atom. The van der Waals surface area contributed by atoms with E-state index in [0.717, 1.165) is 22.6 Å². The SMILES string of the molecule is COc1ccc(C2=CSC3NC(=S)N(c4ccccc4)C(=O)C23)cc1. The third-order valence-electron chi connectivity index (χ3n) is 4.37. The highest BCUT2D eigenvalue weighted by Crippen LogP contribution is 2.44. The number of hydrogen-bond acceptors (Lipinski definition) is 4. The van der Waals surface area contributed by atoms with Crippen molar-refractivity contribution in [3.63, 3.8) is 0 Å². The van der Waals surface area contributed by atoms with Gasteiger partial charge in [0.15, 0.2) is 5.11 Å². The molecule has 4 rings (SSSR count). The molecular weight excluding hydrogens is 352 g/mol. The first-order valence-electron chi connectivity index (χ1n) is 7.88. The summed E-state index contributed by atoms with van der Waals surface area (Å²) in [5.74, 6) is 0.532. The lowest BCUT2D eigenvalue weighted by atomic mass is 9.91. The van der Waals surface area contributed by atoms with Gasteiger partial charge in [0.25, 0.3) is 0 Å². The molecule has 1 saturated heterocycles. The molecule has 4 nitrogen and oxygen atoms in total. The molecule has 126 valence electrons. The summed E-state index contributed by atoms with van der Waals surface area (Å²) >= 11 is 7.04. The fraction of sp³-hybridized carbons (Fsp3) is 0.158. The monoisotopic (exact) mass is 368 g/mol. The number of hydrogen-bond donors (Lipinski definition) is 1. The van der Waals surface area contributed by atoms with Crippen LogP contribution < -0.4 is 15.0 Å². The van der Waals surface area contributed by atoms with E-state index in [1.165, 1.54) is 0 Å². The van der Waals surface area contributed by atoms with E-state index < -0.39 is 0 Å². The molecule has 0 aliphatic carbocycles. The fourth-order valence-electron chi connectivity index (χ4n) is 3.12. The number of benzene rings is 2. The Bertz CT molecular complexity index is 849. The van der Waals surface area contributed by atoms with E-state index in [1.807, 2.05) is 54.6 Å². The predicted molar refractivity (Wildman–Crippen MR) is 106 cm³/mol. The molecule has 2 aliphatic rings. The van der Waals surface area contributed by atoms with Gasteiger partial charge >= 0.3 is 0 Å². The van der Waals surface area contributed by atoms with Crippen LogP contribution in [-0.2, 0) is 4.79 Å². The van der Waals surface area contributed by atoms with Gasteiger partial charge in [0.1, 0.15) is 5.75 Å². The van der Waals surface area contributed by atoms with Crippen molar-refractivity contribution < 1.29 is 9.53 Å². The summed E-state index contributed by atoms with van der Waals surface area (Å²) in [7, 11) is 1.64. The molecule has 1 amide bonds. The number of ether oxygens (including phenoxy) is 1. The zero-order chi connectivity index (χ0) is 17.4. The molecule has 0 saturated carbocycles. The molecular formula is C19H16N2O2S2. The minimum absolute atomic E-state index is 0.00650. The van der Waals surface area contributed by atoms with Gasteiger partial charge < -0.3 is 10.1 Å². The van der Waals surface area contributed by atoms with Crippen molar-refractivity contribution in [2.75, 3.05) is 12.0 Å². The van der Waals surface area contributed by atoms with Crippen LogP contribution in [0.1, 0.15) is 5.56 Å². The van der Waals surface area contributed by atoms with Crippen LogP contribution in [0.25, 0.3) is 5.57 Å². The van der Waals surface area contributed by atoms with Crippen LogP contribution in [0.4, 0.5) is 5.69 Å². The van der Waals surface area contributed by atoms with Crippen molar-refractivity contribution in [1.82, 2.24) is 5.32 Å². The van der Waals surface area contributed by atoms with Gasteiger partial charge in [0.05, 0.1) is 24.1 Å². The number of amides is 1. The molecule has 0 aromatic heterocycles. The maximum Gasteiger partial charge on any atom is 0.243 e. The number of thiocarbonyl (C=S) groups is 1. The van der Waals surface area contributed by atoms with Crippen LogP contribution in [-0.4, -0.2) is 23.5 Å². The molecule has 2 unspecified atom stereocenters. The minimum Gasteiger partial charge on any atom is -0.497 e. The van der Waals surface area contributed by atoms with E-state index in [2.05, 4.69) is 10.7 Å². The van der Waals surface area contributed by atoms with Gasteiger partial charge in [0, 0.05) is 0 Å². The Morgan fingerprint density at radius 2 is 1.84 bits per heavy atom. The summed E-state index contributed by atoms with van der Waals surface area (Å²) < 4.78 is 5.22.